The van der Waals surface area contributed by atoms with Crippen molar-refractivity contribution in [1.29, 1.82) is 0 Å². The van der Waals surface area contributed by atoms with E-state index in [0.717, 1.165) is 58.3 Å². The highest BCUT2D eigenvalue weighted by atomic mass is 16.5. The van der Waals surface area contributed by atoms with E-state index in [0.29, 0.717) is 6.42 Å². The molecule has 0 aliphatic carbocycles. The number of nitrogens with zero attached hydrogens (tertiary/aromatic N) is 1. The maximum Gasteiger partial charge on any atom is 0.222 e. The summed E-state index contributed by atoms with van der Waals surface area (Å²) in [6.07, 6.45) is 6.14. The summed E-state index contributed by atoms with van der Waals surface area (Å²) >= 11 is 0. The second-order valence-electron chi connectivity index (χ2n) is 4.83. The van der Waals surface area contributed by atoms with Gasteiger partial charge in [0.05, 0.1) is 6.10 Å². The van der Waals surface area contributed by atoms with Gasteiger partial charge in [-0.15, -0.1) is 0 Å². The number of rotatable bonds is 6. The third kappa shape index (κ3) is 6.03. The molecule has 0 aromatic carbocycles. The van der Waals surface area contributed by atoms with Crippen LogP contribution in [0.15, 0.2) is 0 Å². The van der Waals surface area contributed by atoms with Gasteiger partial charge in [0.25, 0.3) is 0 Å². The first-order valence-corrected chi connectivity index (χ1v) is 6.83. The molecule has 1 rings (SSSR count). The van der Waals surface area contributed by atoms with Gasteiger partial charge >= 0.3 is 0 Å². The first-order chi connectivity index (χ1) is 8.24. The number of hydrogen-bond donors (Lipinski definition) is 1. The predicted octanol–water partition coefficient (Wildman–Crippen LogP) is 1.53. The molecular formula is C13H26N2O2. The van der Waals surface area contributed by atoms with Crippen molar-refractivity contribution in [3.8, 4) is 0 Å². The Kier molecular flexibility index (Phi) is 7.21. The Morgan fingerprint density at radius 3 is 2.88 bits per heavy atom. The Bertz CT molecular complexity index is 221. The summed E-state index contributed by atoms with van der Waals surface area (Å²) < 4.78 is 5.53. The topological polar surface area (TPSA) is 55.6 Å². The molecule has 0 spiro atoms. The quantitative estimate of drug-likeness (QED) is 0.719. The van der Waals surface area contributed by atoms with E-state index >= 15 is 0 Å². The Morgan fingerprint density at radius 1 is 1.35 bits per heavy atom. The van der Waals surface area contributed by atoms with Crippen LogP contribution >= 0.6 is 0 Å². The molecule has 0 bridgehead atoms. The monoisotopic (exact) mass is 242 g/mol. The third-order valence-corrected chi connectivity index (χ3v) is 3.15. The van der Waals surface area contributed by atoms with Crippen molar-refractivity contribution < 1.29 is 9.53 Å². The van der Waals surface area contributed by atoms with Crippen LogP contribution in [0.5, 0.6) is 0 Å². The average Bonchev–Trinajstić information content (AvgIpc) is 2.53. The summed E-state index contributed by atoms with van der Waals surface area (Å²) in [7, 11) is 0. The van der Waals surface area contributed by atoms with Crippen LogP contribution < -0.4 is 5.73 Å². The Balaban J connectivity index is 2.17. The highest BCUT2D eigenvalue weighted by molar-refractivity contribution is 5.76. The fourth-order valence-electron chi connectivity index (χ4n) is 2.15. The molecule has 17 heavy (non-hydrogen) atoms. The van der Waals surface area contributed by atoms with Crippen LogP contribution in [0, 0.1) is 0 Å². The molecule has 1 aliphatic rings. The molecule has 1 atom stereocenters. The Morgan fingerprint density at radius 2 is 2.12 bits per heavy atom. The molecule has 0 radical (unpaired) electrons. The fourth-order valence-corrected chi connectivity index (χ4v) is 2.15. The lowest BCUT2D eigenvalue weighted by molar-refractivity contribution is -0.132. The molecule has 4 nitrogen and oxygen atoms in total. The predicted molar refractivity (Wildman–Crippen MR) is 68.8 cm³/mol. The molecule has 1 heterocycles. The average molecular weight is 242 g/mol. The lowest BCUT2D eigenvalue weighted by Gasteiger charge is -2.22. The van der Waals surface area contributed by atoms with Gasteiger partial charge in [0.1, 0.15) is 0 Å². The van der Waals surface area contributed by atoms with E-state index in [1.165, 1.54) is 0 Å². The van der Waals surface area contributed by atoms with Crippen molar-refractivity contribution in [1.82, 2.24) is 4.90 Å². The minimum Gasteiger partial charge on any atom is -0.377 e. The second-order valence-corrected chi connectivity index (χ2v) is 4.83. The lowest BCUT2D eigenvalue weighted by Crippen LogP contribution is -2.35. The molecule has 1 fully saturated rings. The summed E-state index contributed by atoms with van der Waals surface area (Å²) in [5, 5.41) is 0. The number of carbonyl (C=O) groups excluding carboxylic acids is 1. The van der Waals surface area contributed by atoms with Crippen molar-refractivity contribution in [3.63, 3.8) is 0 Å². The highest BCUT2D eigenvalue weighted by Crippen LogP contribution is 2.10. The van der Waals surface area contributed by atoms with Crippen molar-refractivity contribution in [3.05, 3.63) is 0 Å². The molecule has 1 aliphatic heterocycles. The van der Waals surface area contributed by atoms with Gasteiger partial charge in [0.2, 0.25) is 5.91 Å². The molecule has 2 N–H and O–H groups in total. The van der Waals surface area contributed by atoms with Crippen LogP contribution in [0.1, 0.15) is 45.4 Å². The minimum atomic E-state index is 0.179. The van der Waals surface area contributed by atoms with E-state index in [4.69, 9.17) is 10.5 Å². The van der Waals surface area contributed by atoms with Crippen molar-refractivity contribution in [2.75, 3.05) is 26.2 Å². The van der Waals surface area contributed by atoms with Gasteiger partial charge in [0.15, 0.2) is 0 Å². The number of amides is 1. The van der Waals surface area contributed by atoms with Gasteiger partial charge in [-0.25, -0.2) is 0 Å². The van der Waals surface area contributed by atoms with Gasteiger partial charge in [-0.3, -0.25) is 4.79 Å². The minimum absolute atomic E-state index is 0.179. The zero-order chi connectivity index (χ0) is 12.5. The van der Waals surface area contributed by atoms with E-state index in [1.807, 2.05) is 11.8 Å². The normalized spacial score (nSPS) is 21.3. The first kappa shape index (κ1) is 14.5. The summed E-state index contributed by atoms with van der Waals surface area (Å²) in [5.41, 5.74) is 5.43. The van der Waals surface area contributed by atoms with Gasteiger partial charge in [-0.05, 0) is 32.7 Å². The van der Waals surface area contributed by atoms with Crippen LogP contribution in [0.2, 0.25) is 0 Å². The number of carbonyl (C=O) groups is 1. The molecular weight excluding hydrogens is 216 g/mol. The standard InChI is InChI=1S/C13H26N2O2/c1-12-11-15(9-6-10-17-12)13(16)7-4-2-3-5-8-14/h12H,2-11,14H2,1H3. The summed E-state index contributed by atoms with van der Waals surface area (Å²) in [4.78, 5) is 13.9. The molecule has 1 unspecified atom stereocenters. The van der Waals surface area contributed by atoms with E-state index in [9.17, 15) is 4.79 Å². The van der Waals surface area contributed by atoms with Crippen molar-refractivity contribution in [2.24, 2.45) is 5.73 Å². The highest BCUT2D eigenvalue weighted by Gasteiger charge is 2.18. The number of hydrogen-bond acceptors (Lipinski definition) is 3. The SMILES string of the molecule is CC1CN(C(=O)CCCCCCN)CCCO1. The summed E-state index contributed by atoms with van der Waals surface area (Å²) in [6.45, 7) is 5.18. The number of unbranched alkanes of at least 4 members (excludes halogenated alkanes) is 3. The van der Waals surface area contributed by atoms with Gasteiger partial charge in [0, 0.05) is 26.1 Å². The molecule has 100 valence electrons. The number of nitrogens with two attached hydrogens (primary N) is 1. The van der Waals surface area contributed by atoms with Crippen molar-refractivity contribution >= 4 is 5.91 Å². The maximum absolute atomic E-state index is 12.0. The van der Waals surface area contributed by atoms with Crippen LogP contribution in [0.4, 0.5) is 0 Å². The molecule has 4 heteroatoms. The van der Waals surface area contributed by atoms with E-state index in [-0.39, 0.29) is 12.0 Å². The van der Waals surface area contributed by atoms with Crippen LogP contribution in [0.3, 0.4) is 0 Å². The smallest absolute Gasteiger partial charge is 0.222 e. The first-order valence-electron chi connectivity index (χ1n) is 6.83. The number of ether oxygens (including phenoxy) is 1. The summed E-state index contributed by atoms with van der Waals surface area (Å²) in [5.74, 6) is 0.287. The fraction of sp³-hybridized carbons (Fsp3) is 0.923. The van der Waals surface area contributed by atoms with Crippen LogP contribution in [-0.4, -0.2) is 43.2 Å². The Labute approximate surface area is 104 Å². The van der Waals surface area contributed by atoms with E-state index in [1.54, 1.807) is 0 Å². The summed E-state index contributed by atoms with van der Waals surface area (Å²) in [6, 6.07) is 0. The maximum atomic E-state index is 12.0. The molecule has 0 saturated carbocycles. The van der Waals surface area contributed by atoms with E-state index in [2.05, 4.69) is 0 Å². The molecule has 1 saturated heterocycles. The lowest BCUT2D eigenvalue weighted by atomic mass is 10.1. The third-order valence-electron chi connectivity index (χ3n) is 3.15. The van der Waals surface area contributed by atoms with Crippen LogP contribution in [-0.2, 0) is 9.53 Å². The van der Waals surface area contributed by atoms with Gasteiger partial charge < -0.3 is 15.4 Å². The molecule has 0 aromatic rings. The molecule has 1 amide bonds. The molecule has 0 aromatic heterocycles. The van der Waals surface area contributed by atoms with Gasteiger partial charge in [-0.1, -0.05) is 12.8 Å². The zero-order valence-corrected chi connectivity index (χ0v) is 11.0. The zero-order valence-electron chi connectivity index (χ0n) is 11.0. The largest absolute Gasteiger partial charge is 0.377 e. The second kappa shape index (κ2) is 8.48. The Hall–Kier alpha value is -0.610. The van der Waals surface area contributed by atoms with Gasteiger partial charge in [-0.2, -0.15) is 0 Å². The van der Waals surface area contributed by atoms with Crippen molar-refractivity contribution in [2.45, 2.75) is 51.6 Å². The van der Waals surface area contributed by atoms with Crippen LogP contribution in [0.25, 0.3) is 0 Å². The van der Waals surface area contributed by atoms with E-state index < -0.39 is 0 Å².